The zero-order valence-electron chi connectivity index (χ0n) is 25.6. The number of hydrogen-bond acceptors (Lipinski definition) is 4. The fourth-order valence-electron chi connectivity index (χ4n) is 4.11. The van der Waals surface area contributed by atoms with Crippen molar-refractivity contribution in [1.29, 1.82) is 0 Å². The van der Waals surface area contributed by atoms with Gasteiger partial charge in [-0.05, 0) is 37.2 Å². The number of unbranched alkanes of at least 4 members (excludes halogenated alkanes) is 16. The summed E-state index contributed by atoms with van der Waals surface area (Å²) in [5.74, 6) is 12.3. The van der Waals surface area contributed by atoms with Crippen molar-refractivity contribution in [3.63, 3.8) is 0 Å². The minimum absolute atomic E-state index is 0.0855. The molecule has 6 nitrogen and oxygen atoms in total. The summed E-state index contributed by atoms with van der Waals surface area (Å²) in [5, 5.41) is 5.52. The second-order valence-electron chi connectivity index (χ2n) is 10.2. The van der Waals surface area contributed by atoms with Crippen molar-refractivity contribution in [3.05, 3.63) is 12.7 Å². The number of ether oxygens (including phenoxy) is 2. The zero-order chi connectivity index (χ0) is 29.2. The fraction of sp³-hybridized carbons (Fsp3) is 0.765. The molecule has 2 amide bonds. The third-order valence-corrected chi connectivity index (χ3v) is 6.52. The number of rotatable bonds is 28. The summed E-state index contributed by atoms with van der Waals surface area (Å²) in [7, 11) is 0. The smallest absolute Gasteiger partial charge is 0.243 e. The number of carbonyl (C=O) groups is 2. The van der Waals surface area contributed by atoms with Crippen LogP contribution in [-0.2, 0) is 19.1 Å². The largest absolute Gasteiger partial charge is 0.377 e. The zero-order valence-corrected chi connectivity index (χ0v) is 25.6. The maximum Gasteiger partial charge on any atom is 0.243 e. The van der Waals surface area contributed by atoms with Gasteiger partial charge in [-0.25, -0.2) is 0 Å². The summed E-state index contributed by atoms with van der Waals surface area (Å²) < 4.78 is 10.8. The highest BCUT2D eigenvalue weighted by atomic mass is 16.5. The lowest BCUT2D eigenvalue weighted by molar-refractivity contribution is -0.121. The molecule has 6 heteroatoms. The van der Waals surface area contributed by atoms with E-state index in [9.17, 15) is 9.59 Å². The Kier molecular flexibility index (Phi) is 31.1. The van der Waals surface area contributed by atoms with Gasteiger partial charge >= 0.3 is 0 Å². The average molecular weight is 559 g/mol. The van der Waals surface area contributed by atoms with Gasteiger partial charge in [0.15, 0.2) is 0 Å². The summed E-state index contributed by atoms with van der Waals surface area (Å²) in [6.07, 6.45) is 24.0. The third kappa shape index (κ3) is 31.9. The molecule has 0 radical (unpaired) electrons. The first-order valence-corrected chi connectivity index (χ1v) is 16.0. The Bertz CT molecular complexity index is 730. The lowest BCUT2D eigenvalue weighted by atomic mass is 10.1. The van der Waals surface area contributed by atoms with Crippen molar-refractivity contribution in [2.75, 3.05) is 39.5 Å². The molecule has 0 aliphatic rings. The van der Waals surface area contributed by atoms with Crippen molar-refractivity contribution in [2.24, 2.45) is 0 Å². The Morgan fingerprint density at radius 3 is 1.57 bits per heavy atom. The van der Waals surface area contributed by atoms with Crippen LogP contribution in [0.15, 0.2) is 12.7 Å². The van der Waals surface area contributed by atoms with E-state index in [0.717, 1.165) is 32.1 Å². The predicted molar refractivity (Wildman–Crippen MR) is 167 cm³/mol. The molecule has 0 fully saturated rings. The molecule has 228 valence electrons. The van der Waals surface area contributed by atoms with Crippen molar-refractivity contribution in [2.45, 2.75) is 129 Å². The van der Waals surface area contributed by atoms with Crippen molar-refractivity contribution in [3.8, 4) is 23.7 Å². The molecule has 40 heavy (non-hydrogen) atoms. The molecule has 0 aliphatic carbocycles. The molecule has 0 aromatic rings. The second kappa shape index (κ2) is 32.9. The summed E-state index contributed by atoms with van der Waals surface area (Å²) in [6, 6.07) is 0. The van der Waals surface area contributed by atoms with E-state index in [4.69, 9.17) is 9.47 Å². The van der Waals surface area contributed by atoms with Crippen LogP contribution in [0.2, 0.25) is 0 Å². The molecule has 0 unspecified atom stereocenters. The maximum atomic E-state index is 11.9. The van der Waals surface area contributed by atoms with Crippen LogP contribution in [0.3, 0.4) is 0 Å². The van der Waals surface area contributed by atoms with Crippen LogP contribution < -0.4 is 10.6 Å². The lowest BCUT2D eigenvalue weighted by Crippen LogP contribution is -2.27. The summed E-state index contributed by atoms with van der Waals surface area (Å²) in [5.41, 5.74) is 0. The van der Waals surface area contributed by atoms with E-state index in [2.05, 4.69) is 47.8 Å². The van der Waals surface area contributed by atoms with E-state index in [1.54, 1.807) is 0 Å². The maximum absolute atomic E-state index is 11.9. The molecule has 0 atom stereocenters. The molecule has 0 heterocycles. The van der Waals surface area contributed by atoms with Crippen LogP contribution in [0.5, 0.6) is 0 Å². The van der Waals surface area contributed by atoms with E-state index in [1.807, 2.05) is 0 Å². The highest BCUT2D eigenvalue weighted by molar-refractivity contribution is 5.86. The van der Waals surface area contributed by atoms with Gasteiger partial charge in [0.2, 0.25) is 11.8 Å². The van der Waals surface area contributed by atoms with Gasteiger partial charge in [0.25, 0.3) is 0 Å². The monoisotopic (exact) mass is 558 g/mol. The Hall–Kier alpha value is -2.28. The second-order valence-corrected chi connectivity index (χ2v) is 10.2. The van der Waals surface area contributed by atoms with Crippen molar-refractivity contribution >= 4 is 11.8 Å². The van der Waals surface area contributed by atoms with E-state index in [1.165, 1.54) is 89.5 Å². The van der Waals surface area contributed by atoms with Crippen LogP contribution in [-0.4, -0.2) is 51.3 Å². The van der Waals surface area contributed by atoms with Gasteiger partial charge < -0.3 is 20.1 Å². The predicted octanol–water partition coefficient (Wildman–Crippen LogP) is 6.88. The summed E-state index contributed by atoms with van der Waals surface area (Å²) >= 11 is 0. The molecule has 0 rings (SSSR count). The average Bonchev–Trinajstić information content (AvgIpc) is 2.96. The molecule has 2 N–H and O–H groups in total. The summed E-state index contributed by atoms with van der Waals surface area (Å²) in [6.45, 7) is 8.43. The number of amides is 2. The number of carbonyl (C=O) groups excluding carboxylic acids is 2. The highest BCUT2D eigenvalue weighted by Crippen LogP contribution is 2.11. The van der Waals surface area contributed by atoms with E-state index < -0.39 is 0 Å². The molecule has 0 aromatic heterocycles. The number of hydrogen-bond donors (Lipinski definition) is 2. The topological polar surface area (TPSA) is 76.7 Å². The molecular formula is C34H58N2O4. The molecular weight excluding hydrogens is 500 g/mol. The quantitative estimate of drug-likeness (QED) is 0.0624. The van der Waals surface area contributed by atoms with Gasteiger partial charge in [0.05, 0.1) is 26.4 Å². The standard InChI is InChI=1S/C34H58N2O4/c1-3-5-6-7-8-9-10-11-12-13-14-15-16-17-18-19-20-21-22-23-24-25-26-34(38)36-28-30-40-32-31-39-29-27-35-33(37)4-2/h4H,2-3,5-14,19-32H2,1H3,(H,35,37)(H,36,38). The molecule has 0 saturated carbocycles. The Labute approximate surface area is 246 Å². The van der Waals surface area contributed by atoms with Gasteiger partial charge in [-0.1, -0.05) is 109 Å². The third-order valence-electron chi connectivity index (χ3n) is 6.52. The molecule has 0 aromatic carbocycles. The first-order valence-electron chi connectivity index (χ1n) is 16.0. The van der Waals surface area contributed by atoms with Gasteiger partial charge in [-0.3, -0.25) is 9.59 Å². The Morgan fingerprint density at radius 1 is 0.625 bits per heavy atom. The fourth-order valence-corrected chi connectivity index (χ4v) is 4.11. The van der Waals surface area contributed by atoms with Crippen LogP contribution in [0.25, 0.3) is 0 Å². The minimum Gasteiger partial charge on any atom is -0.377 e. The SMILES string of the molecule is C=CC(=O)NCCOCCOCCNC(=O)CCCCCCCCC#CC#CCCCCCCCCCCCC. The normalized spacial score (nSPS) is 10.2. The number of nitrogens with one attached hydrogen (secondary N) is 2. The van der Waals surface area contributed by atoms with Gasteiger partial charge in [0, 0.05) is 32.4 Å². The Balaban J connectivity index is 3.32. The van der Waals surface area contributed by atoms with Gasteiger partial charge in [0.1, 0.15) is 0 Å². The van der Waals surface area contributed by atoms with E-state index >= 15 is 0 Å². The van der Waals surface area contributed by atoms with Gasteiger partial charge in [-0.15, -0.1) is 0 Å². The van der Waals surface area contributed by atoms with Gasteiger partial charge in [-0.2, -0.15) is 0 Å². The van der Waals surface area contributed by atoms with Crippen LogP contribution in [0.4, 0.5) is 0 Å². The van der Waals surface area contributed by atoms with E-state index in [0.29, 0.717) is 45.9 Å². The molecule has 0 aliphatic heterocycles. The molecule has 0 spiro atoms. The van der Waals surface area contributed by atoms with Crippen LogP contribution in [0, 0.1) is 23.7 Å². The van der Waals surface area contributed by atoms with E-state index in [-0.39, 0.29) is 11.8 Å². The lowest BCUT2D eigenvalue weighted by Gasteiger charge is -2.07. The minimum atomic E-state index is -0.206. The van der Waals surface area contributed by atoms with Crippen LogP contribution >= 0.6 is 0 Å². The highest BCUT2D eigenvalue weighted by Gasteiger charge is 2.01. The van der Waals surface area contributed by atoms with Crippen molar-refractivity contribution in [1.82, 2.24) is 10.6 Å². The van der Waals surface area contributed by atoms with Crippen LogP contribution in [0.1, 0.15) is 129 Å². The first-order chi connectivity index (χ1) is 19.7. The Morgan fingerprint density at radius 2 is 1.07 bits per heavy atom. The van der Waals surface area contributed by atoms with Crippen molar-refractivity contribution < 1.29 is 19.1 Å². The molecule has 0 saturated heterocycles. The summed E-state index contributed by atoms with van der Waals surface area (Å²) in [4.78, 5) is 22.8. The molecule has 0 bridgehead atoms. The first kappa shape index (κ1) is 37.7.